The van der Waals surface area contributed by atoms with Crippen molar-refractivity contribution < 1.29 is 0 Å². The van der Waals surface area contributed by atoms with E-state index in [0.29, 0.717) is 5.82 Å². The minimum atomic E-state index is 0.688. The summed E-state index contributed by atoms with van der Waals surface area (Å²) in [5, 5.41) is 4.94. The minimum absolute atomic E-state index is 0.688. The van der Waals surface area contributed by atoms with Crippen molar-refractivity contribution in [3.05, 3.63) is 200 Å². The number of aromatic nitrogens is 3. The van der Waals surface area contributed by atoms with Crippen LogP contribution in [-0.2, 0) is 0 Å². The van der Waals surface area contributed by atoms with E-state index in [0.717, 1.165) is 39.2 Å². The lowest BCUT2D eigenvalue weighted by molar-refractivity contribution is 1.18. The van der Waals surface area contributed by atoms with Gasteiger partial charge in [-0.05, 0) is 101 Å². The molecule has 260 valence electrons. The van der Waals surface area contributed by atoms with E-state index in [1.165, 1.54) is 66.1 Å². The van der Waals surface area contributed by atoms with Crippen molar-refractivity contribution in [2.75, 3.05) is 0 Å². The highest BCUT2D eigenvalue weighted by atomic mass is 14.9. The number of fused-ring (bicyclic) bond motifs is 4. The van der Waals surface area contributed by atoms with Gasteiger partial charge in [-0.2, -0.15) is 0 Å². The van der Waals surface area contributed by atoms with Crippen LogP contribution in [0.4, 0.5) is 0 Å². The van der Waals surface area contributed by atoms with E-state index >= 15 is 0 Å². The van der Waals surface area contributed by atoms with Crippen LogP contribution in [0, 0.1) is 0 Å². The molecule has 0 spiro atoms. The summed E-state index contributed by atoms with van der Waals surface area (Å²) in [6.45, 7) is 0. The summed E-state index contributed by atoms with van der Waals surface area (Å²) in [6, 6.07) is 67.2. The number of hydrogen-bond donors (Lipinski definition) is 0. The van der Waals surface area contributed by atoms with Crippen molar-refractivity contribution in [1.82, 2.24) is 15.0 Å². The quantitative estimate of drug-likeness (QED) is 0.172. The number of pyridine rings is 1. The van der Waals surface area contributed by atoms with Crippen LogP contribution in [0.1, 0.15) is 0 Å². The van der Waals surface area contributed by atoms with Gasteiger partial charge in [-0.15, -0.1) is 0 Å². The zero-order chi connectivity index (χ0) is 37.0. The molecule has 0 saturated heterocycles. The molecule has 0 aliphatic heterocycles. The van der Waals surface area contributed by atoms with Crippen molar-refractivity contribution in [3.63, 3.8) is 0 Å². The molecule has 0 amide bonds. The lowest BCUT2D eigenvalue weighted by Gasteiger charge is -2.20. The van der Waals surface area contributed by atoms with E-state index in [-0.39, 0.29) is 0 Å². The zero-order valence-corrected chi connectivity index (χ0v) is 30.4. The lowest BCUT2D eigenvalue weighted by atomic mass is 9.82. The maximum Gasteiger partial charge on any atom is 0.160 e. The molecule has 2 heterocycles. The number of benzene rings is 8. The standard InChI is InChI=1S/C53H33N3/c1-4-14-35(15-5-1)46-33-47(56-53(55-46)39-21-12-20-38(32-39)34-28-30-54-31-29-34)40-26-27-45-50-41(40)24-13-25-44(50)51-48(36-16-6-2-7-17-36)42-22-10-11-23-43(42)49(52(45)51)37-18-8-3-9-19-37/h1-33H. The molecule has 11 rings (SSSR count). The SMILES string of the molecule is c1ccc(-c2cc(-c3ccc4c5c(cccc35)-c3c-4c(-c4ccccc4)c4ccccc4c3-c3ccccc3)nc(-c3cccc(-c4ccncc4)c3)n2)cc1. The molecule has 3 heteroatoms. The van der Waals surface area contributed by atoms with Gasteiger partial charge in [0.1, 0.15) is 0 Å². The Balaban J connectivity index is 1.19. The monoisotopic (exact) mass is 711 g/mol. The Bertz CT molecular complexity index is 3010. The van der Waals surface area contributed by atoms with Gasteiger partial charge in [-0.25, -0.2) is 9.97 Å². The Morgan fingerprint density at radius 2 is 0.786 bits per heavy atom. The third-order valence-electron chi connectivity index (χ3n) is 11.1. The lowest BCUT2D eigenvalue weighted by Crippen LogP contribution is -1.97. The van der Waals surface area contributed by atoms with E-state index in [9.17, 15) is 0 Å². The van der Waals surface area contributed by atoms with Gasteiger partial charge < -0.3 is 0 Å². The number of nitrogens with zero attached hydrogens (tertiary/aromatic N) is 3. The predicted molar refractivity (Wildman–Crippen MR) is 232 cm³/mol. The van der Waals surface area contributed by atoms with Gasteiger partial charge >= 0.3 is 0 Å². The van der Waals surface area contributed by atoms with Gasteiger partial charge in [0, 0.05) is 29.1 Å². The third kappa shape index (κ3) is 5.17. The molecule has 0 N–H and O–H groups in total. The van der Waals surface area contributed by atoms with Gasteiger partial charge in [0.15, 0.2) is 5.82 Å². The Morgan fingerprint density at radius 1 is 0.286 bits per heavy atom. The van der Waals surface area contributed by atoms with Crippen LogP contribution in [0.3, 0.4) is 0 Å². The summed E-state index contributed by atoms with van der Waals surface area (Å²) in [7, 11) is 0. The summed E-state index contributed by atoms with van der Waals surface area (Å²) < 4.78 is 0. The van der Waals surface area contributed by atoms with Crippen LogP contribution in [-0.4, -0.2) is 15.0 Å². The molecule has 0 fully saturated rings. The van der Waals surface area contributed by atoms with Crippen LogP contribution < -0.4 is 0 Å². The summed E-state index contributed by atoms with van der Waals surface area (Å²) >= 11 is 0. The maximum atomic E-state index is 5.36. The summed E-state index contributed by atoms with van der Waals surface area (Å²) in [5.41, 5.74) is 17.1. The van der Waals surface area contributed by atoms with Crippen LogP contribution in [0.2, 0.25) is 0 Å². The Hall–Kier alpha value is -7.49. The van der Waals surface area contributed by atoms with Crippen molar-refractivity contribution in [1.29, 1.82) is 0 Å². The van der Waals surface area contributed by atoms with Gasteiger partial charge in [-0.3, -0.25) is 4.98 Å². The van der Waals surface area contributed by atoms with Gasteiger partial charge in [0.25, 0.3) is 0 Å². The molecule has 0 bridgehead atoms. The van der Waals surface area contributed by atoms with Crippen molar-refractivity contribution in [2.24, 2.45) is 0 Å². The van der Waals surface area contributed by atoms with E-state index < -0.39 is 0 Å². The molecule has 56 heavy (non-hydrogen) atoms. The first-order valence-electron chi connectivity index (χ1n) is 19.0. The molecule has 0 unspecified atom stereocenters. The molecule has 3 nitrogen and oxygen atoms in total. The highest BCUT2D eigenvalue weighted by Crippen LogP contribution is 2.58. The molecule has 0 saturated carbocycles. The van der Waals surface area contributed by atoms with Crippen molar-refractivity contribution >= 4 is 21.5 Å². The van der Waals surface area contributed by atoms with Crippen molar-refractivity contribution in [2.45, 2.75) is 0 Å². The van der Waals surface area contributed by atoms with Crippen LogP contribution in [0.25, 0.3) is 111 Å². The molecule has 10 aromatic rings. The van der Waals surface area contributed by atoms with E-state index in [2.05, 4.69) is 175 Å². The molecule has 1 aliphatic carbocycles. The predicted octanol–water partition coefficient (Wildman–Crippen LogP) is 13.8. The summed E-state index contributed by atoms with van der Waals surface area (Å²) in [5.74, 6) is 0.688. The van der Waals surface area contributed by atoms with Crippen LogP contribution in [0.15, 0.2) is 200 Å². The highest BCUT2D eigenvalue weighted by molar-refractivity contribution is 6.28. The highest BCUT2D eigenvalue weighted by Gasteiger charge is 2.31. The average Bonchev–Trinajstić information content (AvgIpc) is 3.61. The van der Waals surface area contributed by atoms with Crippen molar-refractivity contribution in [3.8, 4) is 89.5 Å². The molecule has 1 aliphatic rings. The first-order chi connectivity index (χ1) is 27.8. The second-order valence-corrected chi connectivity index (χ2v) is 14.3. The third-order valence-corrected chi connectivity index (χ3v) is 11.1. The second kappa shape index (κ2) is 13.1. The van der Waals surface area contributed by atoms with Gasteiger partial charge in [0.2, 0.25) is 0 Å². The Labute approximate surface area is 325 Å². The topological polar surface area (TPSA) is 38.7 Å². The minimum Gasteiger partial charge on any atom is -0.265 e. The first kappa shape index (κ1) is 32.0. The first-order valence-corrected chi connectivity index (χ1v) is 19.0. The van der Waals surface area contributed by atoms with E-state index in [1.54, 1.807) is 0 Å². The number of hydrogen-bond acceptors (Lipinski definition) is 3. The van der Waals surface area contributed by atoms with E-state index in [1.807, 2.05) is 30.6 Å². The van der Waals surface area contributed by atoms with E-state index in [4.69, 9.17) is 9.97 Å². The fraction of sp³-hybridized carbons (Fsp3) is 0. The molecule has 0 atom stereocenters. The Morgan fingerprint density at radius 3 is 1.45 bits per heavy atom. The van der Waals surface area contributed by atoms with Gasteiger partial charge in [-0.1, -0.05) is 164 Å². The van der Waals surface area contributed by atoms with Crippen LogP contribution >= 0.6 is 0 Å². The summed E-state index contributed by atoms with van der Waals surface area (Å²) in [6.07, 6.45) is 3.66. The van der Waals surface area contributed by atoms with Gasteiger partial charge in [0.05, 0.1) is 11.4 Å². The molecular weight excluding hydrogens is 679 g/mol. The maximum absolute atomic E-state index is 5.36. The largest absolute Gasteiger partial charge is 0.265 e. The smallest absolute Gasteiger partial charge is 0.160 e. The molecule has 8 aromatic carbocycles. The fourth-order valence-electron chi connectivity index (χ4n) is 8.69. The average molecular weight is 712 g/mol. The second-order valence-electron chi connectivity index (χ2n) is 14.3. The fourth-order valence-corrected chi connectivity index (χ4v) is 8.69. The zero-order valence-electron chi connectivity index (χ0n) is 30.4. The molecule has 2 aromatic heterocycles. The molecule has 0 radical (unpaired) electrons. The Kier molecular flexibility index (Phi) is 7.49. The summed E-state index contributed by atoms with van der Waals surface area (Å²) in [4.78, 5) is 14.8. The van der Waals surface area contributed by atoms with Crippen LogP contribution in [0.5, 0.6) is 0 Å². The molecular formula is C53H33N3. The normalized spacial score (nSPS) is 11.6. The number of rotatable bonds is 6.